The molecule has 2 unspecified atom stereocenters. The van der Waals surface area contributed by atoms with Crippen molar-refractivity contribution in [3.05, 3.63) is 0 Å². The maximum absolute atomic E-state index is 2.31. The average Bonchev–Trinajstić information content (AvgIpc) is 3.23. The third-order valence-corrected chi connectivity index (χ3v) is 8.08. The van der Waals surface area contributed by atoms with E-state index in [2.05, 4.69) is 13.8 Å². The van der Waals surface area contributed by atoms with Gasteiger partial charge < -0.3 is 0 Å². The number of rotatable bonds is 24. The largest absolute Gasteiger partial charge is 0.0654 e. The van der Waals surface area contributed by atoms with Crippen LogP contribution in [0.5, 0.6) is 0 Å². The fraction of sp³-hybridized carbons (Fsp3) is 1.00. The first-order valence-corrected chi connectivity index (χ1v) is 15.4. The fourth-order valence-electron chi connectivity index (χ4n) is 5.90. The first-order chi connectivity index (χ1) is 15.4. The van der Waals surface area contributed by atoms with Gasteiger partial charge >= 0.3 is 0 Å². The Kier molecular flexibility index (Phi) is 21.7. The summed E-state index contributed by atoms with van der Waals surface area (Å²) in [6.07, 6.45) is 40.4. The van der Waals surface area contributed by atoms with Gasteiger partial charge in [-0.05, 0) is 18.3 Å². The lowest BCUT2D eigenvalue weighted by molar-refractivity contribution is 0.413. The highest BCUT2D eigenvalue weighted by Crippen LogP contribution is 2.37. The van der Waals surface area contributed by atoms with Gasteiger partial charge in [0, 0.05) is 0 Å². The van der Waals surface area contributed by atoms with Gasteiger partial charge in [-0.25, -0.2) is 0 Å². The summed E-state index contributed by atoms with van der Waals surface area (Å²) in [6.45, 7) is 4.62. The van der Waals surface area contributed by atoms with Crippen molar-refractivity contribution >= 4 is 0 Å². The molecule has 0 N–H and O–H groups in total. The van der Waals surface area contributed by atoms with Gasteiger partial charge in [0.1, 0.15) is 0 Å². The Morgan fingerprint density at radius 3 is 0.903 bits per heavy atom. The molecule has 0 bridgehead atoms. The molecule has 0 heterocycles. The van der Waals surface area contributed by atoms with E-state index >= 15 is 0 Å². The third-order valence-electron chi connectivity index (χ3n) is 8.08. The quantitative estimate of drug-likeness (QED) is 0.132. The second kappa shape index (κ2) is 23.2. The smallest absolute Gasteiger partial charge is 0.0412 e. The van der Waals surface area contributed by atoms with Crippen molar-refractivity contribution in [1.82, 2.24) is 0 Å². The lowest BCUT2D eigenvalue weighted by Gasteiger charge is -2.11. The molecule has 0 nitrogen and oxygen atoms in total. The minimum absolute atomic E-state index is 1.09. The number of hydrogen-bond donors (Lipinski definition) is 0. The summed E-state index contributed by atoms with van der Waals surface area (Å²) < 4.78 is 0. The third kappa shape index (κ3) is 19.2. The zero-order valence-electron chi connectivity index (χ0n) is 22.2. The summed E-state index contributed by atoms with van der Waals surface area (Å²) in [7, 11) is 0. The van der Waals surface area contributed by atoms with Crippen LogP contribution in [-0.2, 0) is 0 Å². The molecule has 0 amide bonds. The highest BCUT2D eigenvalue weighted by Gasteiger charge is 2.23. The molecule has 0 aromatic rings. The van der Waals surface area contributed by atoms with Crippen molar-refractivity contribution in [2.24, 2.45) is 11.8 Å². The second-order valence-electron chi connectivity index (χ2n) is 11.2. The van der Waals surface area contributed by atoms with Gasteiger partial charge in [0.25, 0.3) is 0 Å². The normalized spacial score (nSPS) is 18.8. The maximum atomic E-state index is 2.31. The molecule has 1 aliphatic carbocycles. The van der Waals surface area contributed by atoms with E-state index < -0.39 is 0 Å². The highest BCUT2D eigenvalue weighted by atomic mass is 14.3. The number of hydrogen-bond acceptors (Lipinski definition) is 0. The fourth-order valence-corrected chi connectivity index (χ4v) is 5.90. The molecule has 1 rings (SSSR count). The summed E-state index contributed by atoms with van der Waals surface area (Å²) in [5.74, 6) is 2.19. The molecule has 0 radical (unpaired) electrons. The van der Waals surface area contributed by atoms with Crippen LogP contribution in [0.25, 0.3) is 0 Å². The summed E-state index contributed by atoms with van der Waals surface area (Å²) in [5.41, 5.74) is 0. The first-order valence-electron chi connectivity index (χ1n) is 15.4. The van der Waals surface area contributed by atoms with Crippen molar-refractivity contribution in [2.75, 3.05) is 0 Å². The van der Waals surface area contributed by atoms with Gasteiger partial charge in [0.15, 0.2) is 0 Å². The SMILES string of the molecule is CCCCCCCCCCCCCCCCC1CCC(CCCCCCCCCC)C1. The van der Waals surface area contributed by atoms with Crippen molar-refractivity contribution in [1.29, 1.82) is 0 Å². The molecular weight excluding hydrogens is 372 g/mol. The summed E-state index contributed by atoms with van der Waals surface area (Å²) in [5, 5.41) is 0. The van der Waals surface area contributed by atoms with Crippen LogP contribution in [0.1, 0.15) is 187 Å². The van der Waals surface area contributed by atoms with Gasteiger partial charge in [0.2, 0.25) is 0 Å². The molecule has 0 aromatic carbocycles. The molecule has 0 aliphatic heterocycles. The number of unbranched alkanes of at least 4 members (excludes halogenated alkanes) is 20. The van der Waals surface area contributed by atoms with Crippen LogP contribution in [-0.4, -0.2) is 0 Å². The Morgan fingerprint density at radius 1 is 0.355 bits per heavy atom. The van der Waals surface area contributed by atoms with E-state index in [0.29, 0.717) is 0 Å². The van der Waals surface area contributed by atoms with E-state index in [1.807, 2.05) is 0 Å². The predicted molar refractivity (Wildman–Crippen MR) is 143 cm³/mol. The Labute approximate surface area is 199 Å². The van der Waals surface area contributed by atoms with Crippen LogP contribution in [0.2, 0.25) is 0 Å². The highest BCUT2D eigenvalue weighted by molar-refractivity contribution is 4.75. The summed E-state index contributed by atoms with van der Waals surface area (Å²) in [4.78, 5) is 0. The van der Waals surface area contributed by atoms with E-state index in [0.717, 1.165) is 11.8 Å². The van der Waals surface area contributed by atoms with Crippen molar-refractivity contribution in [2.45, 2.75) is 187 Å². The zero-order valence-corrected chi connectivity index (χ0v) is 22.2. The summed E-state index contributed by atoms with van der Waals surface area (Å²) >= 11 is 0. The topological polar surface area (TPSA) is 0 Å². The molecule has 1 aliphatic rings. The molecule has 0 saturated heterocycles. The minimum Gasteiger partial charge on any atom is -0.0654 e. The lowest BCUT2D eigenvalue weighted by Crippen LogP contribution is -1.97. The van der Waals surface area contributed by atoms with E-state index in [9.17, 15) is 0 Å². The molecule has 0 heteroatoms. The Balaban J connectivity index is 1.76. The molecule has 1 saturated carbocycles. The Bertz CT molecular complexity index is 333. The van der Waals surface area contributed by atoms with Gasteiger partial charge in [-0.1, -0.05) is 181 Å². The molecule has 1 fully saturated rings. The lowest BCUT2D eigenvalue weighted by atomic mass is 9.95. The van der Waals surface area contributed by atoms with Crippen LogP contribution in [0.3, 0.4) is 0 Å². The van der Waals surface area contributed by atoms with Crippen LogP contribution >= 0.6 is 0 Å². The first kappa shape index (κ1) is 29.0. The predicted octanol–water partition coefficient (Wildman–Crippen LogP) is 11.8. The molecule has 31 heavy (non-hydrogen) atoms. The second-order valence-corrected chi connectivity index (χ2v) is 11.2. The molecule has 0 aromatic heterocycles. The Morgan fingerprint density at radius 2 is 0.613 bits per heavy atom. The standard InChI is InChI=1S/C31H62/c1-3-5-7-9-11-13-14-15-16-17-18-20-22-24-26-31-28-27-30(29-31)25-23-21-19-12-10-8-6-4-2/h30-31H,3-29H2,1-2H3. The molecule has 2 atom stereocenters. The van der Waals surface area contributed by atoms with Crippen LogP contribution in [0, 0.1) is 11.8 Å². The van der Waals surface area contributed by atoms with E-state index in [1.165, 1.54) is 141 Å². The van der Waals surface area contributed by atoms with Crippen LogP contribution in [0.4, 0.5) is 0 Å². The van der Waals surface area contributed by atoms with Crippen LogP contribution in [0.15, 0.2) is 0 Å². The van der Waals surface area contributed by atoms with E-state index in [4.69, 9.17) is 0 Å². The maximum Gasteiger partial charge on any atom is -0.0412 e. The monoisotopic (exact) mass is 434 g/mol. The van der Waals surface area contributed by atoms with Gasteiger partial charge in [0.05, 0.1) is 0 Å². The van der Waals surface area contributed by atoms with Gasteiger partial charge in [-0.15, -0.1) is 0 Å². The van der Waals surface area contributed by atoms with E-state index in [-0.39, 0.29) is 0 Å². The van der Waals surface area contributed by atoms with Crippen molar-refractivity contribution in [3.8, 4) is 0 Å². The zero-order chi connectivity index (χ0) is 22.2. The van der Waals surface area contributed by atoms with Gasteiger partial charge in [-0.2, -0.15) is 0 Å². The van der Waals surface area contributed by atoms with Crippen molar-refractivity contribution < 1.29 is 0 Å². The van der Waals surface area contributed by atoms with Crippen molar-refractivity contribution in [3.63, 3.8) is 0 Å². The molecule has 186 valence electrons. The van der Waals surface area contributed by atoms with Crippen LogP contribution < -0.4 is 0 Å². The van der Waals surface area contributed by atoms with E-state index in [1.54, 1.807) is 32.1 Å². The minimum atomic E-state index is 1.09. The van der Waals surface area contributed by atoms with Gasteiger partial charge in [-0.3, -0.25) is 0 Å². The Hall–Kier alpha value is 0. The average molecular weight is 435 g/mol. The molecule has 0 spiro atoms. The molecular formula is C31H62. The summed E-state index contributed by atoms with van der Waals surface area (Å²) in [6, 6.07) is 0.